The minimum absolute atomic E-state index is 0.269. The molecule has 3 heteroatoms. The van der Waals surface area contributed by atoms with Crippen molar-refractivity contribution < 1.29 is 9.53 Å². The van der Waals surface area contributed by atoms with Crippen molar-refractivity contribution in [2.75, 3.05) is 6.61 Å². The largest absolute Gasteiger partial charge is 0.417 e. The fraction of sp³-hybridized carbons (Fsp3) is 0.889. The van der Waals surface area contributed by atoms with E-state index in [2.05, 4.69) is 53.8 Å². The number of hydrogen-bond donors (Lipinski definition) is 1. The third-order valence-corrected chi connectivity index (χ3v) is 10.5. The predicted molar refractivity (Wildman–Crippen MR) is 91.9 cm³/mol. The van der Waals surface area contributed by atoms with Crippen molar-refractivity contribution in [2.24, 2.45) is 11.3 Å². The normalized spacial score (nSPS) is 32.2. The van der Waals surface area contributed by atoms with Crippen LogP contribution in [0.1, 0.15) is 60.3 Å². The molecule has 0 radical (unpaired) electrons. The minimum Gasteiger partial charge on any atom is -0.417 e. The van der Waals surface area contributed by atoms with Crippen LogP contribution in [0, 0.1) is 11.3 Å². The Kier molecular flexibility index (Phi) is 4.27. The Morgan fingerprint density at radius 1 is 1.33 bits per heavy atom. The van der Waals surface area contributed by atoms with E-state index in [9.17, 15) is 5.11 Å². The van der Waals surface area contributed by atoms with Crippen LogP contribution in [0.15, 0.2) is 11.6 Å². The molecule has 122 valence electrons. The Balaban J connectivity index is 1.80. The number of allylic oxidation sites excluding steroid dienone is 1. The van der Waals surface area contributed by atoms with Crippen molar-refractivity contribution in [3.63, 3.8) is 0 Å². The van der Waals surface area contributed by atoms with Crippen molar-refractivity contribution in [2.45, 2.75) is 84.0 Å². The first-order chi connectivity index (χ1) is 9.37. The molecule has 0 bridgehead atoms. The lowest BCUT2D eigenvalue weighted by Crippen LogP contribution is -2.41. The number of rotatable bonds is 5. The molecule has 2 nitrogen and oxygen atoms in total. The average Bonchev–Trinajstić information content (AvgIpc) is 2.79. The Hall–Kier alpha value is -0.123. The van der Waals surface area contributed by atoms with E-state index >= 15 is 0 Å². The van der Waals surface area contributed by atoms with Crippen molar-refractivity contribution >= 4 is 8.32 Å². The van der Waals surface area contributed by atoms with Gasteiger partial charge in [-0.05, 0) is 60.7 Å². The van der Waals surface area contributed by atoms with E-state index in [-0.39, 0.29) is 5.04 Å². The molecular weight excluding hydrogens is 276 g/mol. The van der Waals surface area contributed by atoms with Crippen LogP contribution in [0.2, 0.25) is 18.1 Å². The van der Waals surface area contributed by atoms with Crippen LogP contribution in [-0.4, -0.2) is 25.6 Å². The maximum Gasteiger partial charge on any atom is 0.191 e. The van der Waals surface area contributed by atoms with E-state index in [1.54, 1.807) is 0 Å². The van der Waals surface area contributed by atoms with E-state index in [1.807, 2.05) is 0 Å². The zero-order valence-corrected chi connectivity index (χ0v) is 16.0. The number of hydrogen-bond acceptors (Lipinski definition) is 2. The fourth-order valence-electron chi connectivity index (χ4n) is 3.11. The lowest BCUT2D eigenvalue weighted by Gasteiger charge is -2.36. The fourth-order valence-corrected chi connectivity index (χ4v) is 4.17. The van der Waals surface area contributed by atoms with Crippen LogP contribution in [0.5, 0.6) is 0 Å². The molecule has 0 aromatic heterocycles. The Labute approximate surface area is 132 Å². The highest BCUT2D eigenvalue weighted by molar-refractivity contribution is 6.74. The summed E-state index contributed by atoms with van der Waals surface area (Å²) in [6, 6.07) is 0. The summed E-state index contributed by atoms with van der Waals surface area (Å²) >= 11 is 0. The third-order valence-electron chi connectivity index (χ3n) is 5.93. The van der Waals surface area contributed by atoms with Crippen LogP contribution in [0.25, 0.3) is 0 Å². The first-order valence-corrected chi connectivity index (χ1v) is 11.3. The van der Waals surface area contributed by atoms with Gasteiger partial charge >= 0.3 is 0 Å². The number of aliphatic hydroxyl groups is 1. The highest BCUT2D eigenvalue weighted by Crippen LogP contribution is 2.56. The Morgan fingerprint density at radius 2 is 1.95 bits per heavy atom. The quantitative estimate of drug-likeness (QED) is 0.578. The highest BCUT2D eigenvalue weighted by atomic mass is 28.4. The van der Waals surface area contributed by atoms with Crippen LogP contribution in [-0.2, 0) is 4.43 Å². The summed E-state index contributed by atoms with van der Waals surface area (Å²) in [4.78, 5) is 0. The summed E-state index contributed by atoms with van der Waals surface area (Å²) in [7, 11) is -1.64. The molecule has 0 amide bonds. The maximum absolute atomic E-state index is 10.8. The average molecular weight is 311 g/mol. The second-order valence-electron chi connectivity index (χ2n) is 9.50. The standard InChI is InChI=1S/C18H34O2Si/c1-16(2,3)21(6,7)20-11-9-15-13-18(15,19)14-8-10-17(4,5)12-14/h8,15,19H,9-13H2,1-7H3/t15-,18+/m1/s1. The van der Waals surface area contributed by atoms with E-state index < -0.39 is 13.9 Å². The molecule has 1 saturated carbocycles. The molecule has 0 saturated heterocycles. The van der Waals surface area contributed by atoms with Gasteiger partial charge in [-0.15, -0.1) is 0 Å². The summed E-state index contributed by atoms with van der Waals surface area (Å²) in [6.45, 7) is 16.8. The van der Waals surface area contributed by atoms with Gasteiger partial charge in [-0.3, -0.25) is 0 Å². The summed E-state index contributed by atoms with van der Waals surface area (Å²) in [5, 5.41) is 11.1. The molecule has 0 aromatic rings. The van der Waals surface area contributed by atoms with Gasteiger partial charge in [0, 0.05) is 6.61 Å². The lowest BCUT2D eigenvalue weighted by molar-refractivity contribution is 0.151. The van der Waals surface area contributed by atoms with Gasteiger partial charge in [0.05, 0.1) is 5.60 Å². The van der Waals surface area contributed by atoms with E-state index in [0.29, 0.717) is 11.3 Å². The monoisotopic (exact) mass is 310 g/mol. The summed E-state index contributed by atoms with van der Waals surface area (Å²) < 4.78 is 6.25. The maximum atomic E-state index is 10.8. The van der Waals surface area contributed by atoms with Crippen LogP contribution >= 0.6 is 0 Å². The molecule has 2 aliphatic carbocycles. The summed E-state index contributed by atoms with van der Waals surface area (Å²) in [5.41, 5.74) is 1.14. The SMILES string of the molecule is CC1(C)CC=C([C@@]2(O)C[C@H]2CCO[Si](C)(C)C(C)(C)C)C1. The van der Waals surface area contributed by atoms with Crippen molar-refractivity contribution in [1.82, 2.24) is 0 Å². The summed E-state index contributed by atoms with van der Waals surface area (Å²) in [6.07, 6.45) is 6.40. The molecule has 0 spiro atoms. The van der Waals surface area contributed by atoms with Gasteiger partial charge in [0.15, 0.2) is 8.32 Å². The second-order valence-corrected chi connectivity index (χ2v) is 14.3. The van der Waals surface area contributed by atoms with Gasteiger partial charge in [-0.1, -0.05) is 40.7 Å². The minimum atomic E-state index is -1.64. The topological polar surface area (TPSA) is 29.5 Å². The first-order valence-electron chi connectivity index (χ1n) is 8.43. The third kappa shape index (κ3) is 3.62. The molecule has 0 aliphatic heterocycles. The molecule has 21 heavy (non-hydrogen) atoms. The van der Waals surface area contributed by atoms with Crippen molar-refractivity contribution in [1.29, 1.82) is 0 Å². The van der Waals surface area contributed by atoms with E-state index in [1.165, 1.54) is 5.57 Å². The smallest absolute Gasteiger partial charge is 0.191 e. The van der Waals surface area contributed by atoms with E-state index in [0.717, 1.165) is 32.3 Å². The Bertz CT molecular complexity index is 431. The predicted octanol–water partition coefficient (Wildman–Crippen LogP) is 4.90. The molecule has 1 N–H and O–H groups in total. The van der Waals surface area contributed by atoms with Gasteiger partial charge in [0.25, 0.3) is 0 Å². The zero-order valence-electron chi connectivity index (χ0n) is 15.0. The van der Waals surface area contributed by atoms with Crippen molar-refractivity contribution in [3.05, 3.63) is 11.6 Å². The molecule has 1 fully saturated rings. The first kappa shape index (κ1) is 17.2. The van der Waals surface area contributed by atoms with Gasteiger partial charge in [0.1, 0.15) is 0 Å². The second kappa shape index (κ2) is 5.21. The summed E-state index contributed by atoms with van der Waals surface area (Å²) in [5.74, 6) is 0.419. The lowest BCUT2D eigenvalue weighted by atomic mass is 9.88. The van der Waals surface area contributed by atoms with Gasteiger partial charge in [-0.25, -0.2) is 0 Å². The molecule has 0 unspecified atom stereocenters. The zero-order chi connectivity index (χ0) is 16.1. The molecule has 0 heterocycles. The molecular formula is C18H34O2Si. The van der Waals surface area contributed by atoms with Gasteiger partial charge in [-0.2, -0.15) is 0 Å². The van der Waals surface area contributed by atoms with Crippen LogP contribution in [0.4, 0.5) is 0 Å². The highest BCUT2D eigenvalue weighted by Gasteiger charge is 2.56. The molecule has 0 aromatic carbocycles. The van der Waals surface area contributed by atoms with E-state index in [4.69, 9.17) is 4.43 Å². The van der Waals surface area contributed by atoms with Crippen molar-refractivity contribution in [3.8, 4) is 0 Å². The van der Waals surface area contributed by atoms with Gasteiger partial charge in [0.2, 0.25) is 0 Å². The van der Waals surface area contributed by atoms with Crippen LogP contribution in [0.3, 0.4) is 0 Å². The van der Waals surface area contributed by atoms with Crippen LogP contribution < -0.4 is 0 Å². The Morgan fingerprint density at radius 3 is 2.43 bits per heavy atom. The van der Waals surface area contributed by atoms with Gasteiger partial charge < -0.3 is 9.53 Å². The molecule has 2 rings (SSSR count). The molecule has 2 atom stereocenters. The molecule has 2 aliphatic rings.